The first kappa shape index (κ1) is 19.6. The quantitative estimate of drug-likeness (QED) is 0.768. The van der Waals surface area contributed by atoms with E-state index in [1.807, 2.05) is 30.9 Å². The van der Waals surface area contributed by atoms with Crippen molar-refractivity contribution in [3.8, 4) is 0 Å². The summed E-state index contributed by atoms with van der Waals surface area (Å²) in [5.41, 5.74) is 3.89. The van der Waals surface area contributed by atoms with Crippen LogP contribution in [-0.2, 0) is 9.53 Å². The van der Waals surface area contributed by atoms with E-state index >= 15 is 0 Å². The lowest BCUT2D eigenvalue weighted by atomic mass is 10.1. The second kappa shape index (κ2) is 8.23. The van der Waals surface area contributed by atoms with Gasteiger partial charge in [0.2, 0.25) is 0 Å². The number of hydrogen-bond acceptors (Lipinski definition) is 6. The maximum Gasteiger partial charge on any atom is 0.414 e. The van der Waals surface area contributed by atoms with Gasteiger partial charge in [0.05, 0.1) is 13.1 Å². The van der Waals surface area contributed by atoms with Gasteiger partial charge in [-0.2, -0.15) is 5.10 Å². The zero-order chi connectivity index (χ0) is 19.6. The Morgan fingerprint density at radius 3 is 2.59 bits per heavy atom. The summed E-state index contributed by atoms with van der Waals surface area (Å²) in [5, 5.41) is 14.3. The molecule has 1 aromatic carbocycles. The Bertz CT molecular complexity index is 747. The third-order valence-electron chi connectivity index (χ3n) is 4.69. The highest BCUT2D eigenvalue weighted by Gasteiger charge is 2.32. The smallest absolute Gasteiger partial charge is 0.414 e. The van der Waals surface area contributed by atoms with Crippen molar-refractivity contribution < 1.29 is 19.4 Å². The first-order valence-electron chi connectivity index (χ1n) is 8.90. The molecule has 1 fully saturated rings. The fraction of sp³-hybridized carbons (Fsp3) is 0.500. The molecule has 2 aliphatic heterocycles. The van der Waals surface area contributed by atoms with Crippen molar-refractivity contribution in [2.24, 2.45) is 5.10 Å². The van der Waals surface area contributed by atoms with E-state index in [9.17, 15) is 9.59 Å². The summed E-state index contributed by atoms with van der Waals surface area (Å²) in [5.74, 6) is -0.413. The minimum atomic E-state index is -0.546. The van der Waals surface area contributed by atoms with E-state index in [-0.39, 0.29) is 12.2 Å². The highest BCUT2D eigenvalue weighted by atomic mass is 31.1. The molecule has 146 valence electrons. The van der Waals surface area contributed by atoms with E-state index in [0.717, 1.165) is 37.2 Å². The highest BCUT2D eigenvalue weighted by Crippen LogP contribution is 2.32. The third-order valence-corrected chi connectivity index (χ3v) is 5.55. The zero-order valence-electron chi connectivity index (χ0n) is 15.8. The lowest BCUT2D eigenvalue weighted by molar-refractivity contribution is -0.134. The largest absolute Gasteiger partial charge is 0.444 e. The predicted octanol–water partition coefficient (Wildman–Crippen LogP) is 1.52. The molecule has 0 aromatic heterocycles. The number of carbonyl (C=O) groups excluding carboxylic acids is 2. The number of amides is 2. The molecular formula is C18H25N4O4P. The fourth-order valence-electron chi connectivity index (χ4n) is 3.49. The number of hydrazone groups is 1. The Morgan fingerprint density at radius 2 is 2.04 bits per heavy atom. The number of anilines is 2. The van der Waals surface area contributed by atoms with Crippen LogP contribution in [0.5, 0.6) is 0 Å². The Hall–Kier alpha value is -2.18. The molecule has 2 heterocycles. The van der Waals surface area contributed by atoms with E-state index in [0.29, 0.717) is 19.6 Å². The molecule has 1 N–H and O–H groups in total. The number of aliphatic hydroxyl groups excluding tert-OH is 1. The number of nitrogens with zero attached hydrogens (tertiary/aromatic N) is 4. The van der Waals surface area contributed by atoms with Gasteiger partial charge in [0, 0.05) is 24.1 Å². The molecule has 0 aliphatic carbocycles. The summed E-state index contributed by atoms with van der Waals surface area (Å²) in [4.78, 5) is 27.4. The van der Waals surface area contributed by atoms with E-state index < -0.39 is 12.5 Å². The van der Waals surface area contributed by atoms with E-state index in [4.69, 9.17) is 9.84 Å². The van der Waals surface area contributed by atoms with E-state index in [1.165, 1.54) is 5.01 Å². The molecule has 27 heavy (non-hydrogen) atoms. The van der Waals surface area contributed by atoms with Crippen molar-refractivity contribution >= 4 is 38.3 Å². The molecule has 2 aliphatic rings. The maximum atomic E-state index is 12.2. The van der Waals surface area contributed by atoms with Crippen molar-refractivity contribution in [3.63, 3.8) is 0 Å². The monoisotopic (exact) mass is 392 g/mol. The summed E-state index contributed by atoms with van der Waals surface area (Å²) in [6.45, 7) is 7.14. The van der Waals surface area contributed by atoms with Crippen LogP contribution in [-0.4, -0.2) is 73.6 Å². The van der Waals surface area contributed by atoms with Crippen LogP contribution >= 0.6 is 8.58 Å². The molecular weight excluding hydrogens is 367 g/mol. The number of benzene rings is 1. The van der Waals surface area contributed by atoms with Gasteiger partial charge in [0.25, 0.3) is 5.91 Å². The van der Waals surface area contributed by atoms with Crippen LogP contribution in [0, 0.1) is 13.8 Å². The zero-order valence-corrected chi connectivity index (χ0v) is 16.8. The molecule has 0 bridgehead atoms. The Morgan fingerprint density at radius 1 is 1.33 bits per heavy atom. The number of hydrogen-bond donors (Lipinski definition) is 1. The molecule has 0 radical (unpaired) electrons. The van der Waals surface area contributed by atoms with Gasteiger partial charge in [0.1, 0.15) is 19.0 Å². The number of rotatable bonds is 5. The van der Waals surface area contributed by atoms with Gasteiger partial charge in [-0.25, -0.2) is 9.80 Å². The van der Waals surface area contributed by atoms with Crippen molar-refractivity contribution in [3.05, 3.63) is 23.3 Å². The van der Waals surface area contributed by atoms with Crippen molar-refractivity contribution in [1.29, 1.82) is 0 Å². The fourth-order valence-corrected chi connectivity index (χ4v) is 4.16. The molecule has 0 spiro atoms. The minimum Gasteiger partial charge on any atom is -0.444 e. The Balaban J connectivity index is 1.80. The van der Waals surface area contributed by atoms with Gasteiger partial charge >= 0.3 is 6.09 Å². The lowest BCUT2D eigenvalue weighted by Crippen LogP contribution is -2.42. The van der Waals surface area contributed by atoms with Crippen LogP contribution in [0.4, 0.5) is 16.2 Å². The van der Waals surface area contributed by atoms with Crippen LogP contribution in [0.1, 0.15) is 11.1 Å². The summed E-state index contributed by atoms with van der Waals surface area (Å²) in [6, 6.07) is 3.97. The molecule has 9 heteroatoms. The number of cyclic esters (lactones) is 1. The lowest BCUT2D eigenvalue weighted by Gasteiger charge is -2.31. The number of aryl methyl sites for hydroxylation is 2. The van der Waals surface area contributed by atoms with Crippen LogP contribution in [0.25, 0.3) is 0 Å². The topological polar surface area (TPSA) is 85.7 Å². The van der Waals surface area contributed by atoms with Crippen LogP contribution in [0.2, 0.25) is 0 Å². The Labute approximate surface area is 160 Å². The molecule has 1 unspecified atom stereocenters. The molecule has 0 saturated carbocycles. The van der Waals surface area contributed by atoms with Gasteiger partial charge in [-0.1, -0.05) is 0 Å². The maximum absolute atomic E-state index is 12.2. The molecule has 1 aromatic rings. The normalized spacial score (nSPS) is 20.1. The summed E-state index contributed by atoms with van der Waals surface area (Å²) < 4.78 is 5.44. The standard InChI is InChI=1S/C18H25N4O4P/c1-12-6-14(21-8-15(10-27-3)26-18(21)25)7-13(2)17(12)20-4-5-22(19-11-20)16(24)9-23/h6-7,11,15,23,27H,4-5,8-10H2,1-3H3/t15-/m1/s1. The predicted molar refractivity (Wildman–Crippen MR) is 107 cm³/mol. The average molecular weight is 392 g/mol. The van der Waals surface area contributed by atoms with Gasteiger partial charge in [-0.05, 0) is 43.8 Å². The third kappa shape index (κ3) is 4.06. The highest BCUT2D eigenvalue weighted by molar-refractivity contribution is 7.37. The molecule has 8 nitrogen and oxygen atoms in total. The molecule has 3 rings (SSSR count). The number of aliphatic hydroxyl groups is 1. The average Bonchev–Trinajstić information content (AvgIpc) is 3.01. The number of ether oxygens (including phenoxy) is 1. The van der Waals surface area contributed by atoms with Crippen molar-refractivity contribution in [2.75, 3.05) is 48.9 Å². The summed E-state index contributed by atoms with van der Waals surface area (Å²) in [7, 11) is 0.752. The molecule has 1 saturated heterocycles. The minimum absolute atomic E-state index is 0.0367. The SMILES string of the molecule is CPC[C@H]1CN(c2cc(C)c(N3C=NN(C(=O)CO)CC3)c(C)c2)C(=O)O1. The first-order valence-corrected chi connectivity index (χ1v) is 10.6. The molecule has 2 amide bonds. The van der Waals surface area contributed by atoms with Crippen LogP contribution in [0.3, 0.4) is 0 Å². The summed E-state index contributed by atoms with van der Waals surface area (Å²) >= 11 is 0. The van der Waals surface area contributed by atoms with Gasteiger partial charge in [0.15, 0.2) is 0 Å². The van der Waals surface area contributed by atoms with Crippen molar-refractivity contribution in [1.82, 2.24) is 5.01 Å². The van der Waals surface area contributed by atoms with Gasteiger partial charge in [-0.15, -0.1) is 8.58 Å². The number of carbonyl (C=O) groups is 2. The second-order valence-electron chi connectivity index (χ2n) is 6.70. The van der Waals surface area contributed by atoms with Gasteiger partial charge in [-0.3, -0.25) is 9.69 Å². The Kier molecular flexibility index (Phi) is 5.97. The summed E-state index contributed by atoms with van der Waals surface area (Å²) in [6.07, 6.45) is 2.17. The van der Waals surface area contributed by atoms with E-state index in [2.05, 4.69) is 11.8 Å². The van der Waals surface area contributed by atoms with Crippen LogP contribution in [0.15, 0.2) is 17.2 Å². The second-order valence-corrected chi connectivity index (χ2v) is 7.82. The van der Waals surface area contributed by atoms with Crippen molar-refractivity contribution in [2.45, 2.75) is 20.0 Å². The van der Waals surface area contributed by atoms with E-state index in [1.54, 1.807) is 11.2 Å². The first-order chi connectivity index (χ1) is 12.9. The van der Waals surface area contributed by atoms with Crippen LogP contribution < -0.4 is 9.80 Å². The molecule has 2 atom stereocenters. The van der Waals surface area contributed by atoms with Gasteiger partial charge < -0.3 is 14.7 Å².